The average Bonchev–Trinajstić information content (AvgIpc) is 2.31. The van der Waals surface area contributed by atoms with E-state index in [4.69, 9.17) is 23.2 Å². The Kier molecular flexibility index (Phi) is 5.74. The lowest BCUT2D eigenvalue weighted by Crippen LogP contribution is -2.41. The first-order chi connectivity index (χ1) is 8.52. The van der Waals surface area contributed by atoms with Gasteiger partial charge in [0.25, 0.3) is 0 Å². The smallest absolute Gasteiger partial charge is 0.321 e. The summed E-state index contributed by atoms with van der Waals surface area (Å²) in [6.45, 7) is 2.19. The highest BCUT2D eigenvalue weighted by molar-refractivity contribution is 6.42. The zero-order chi connectivity index (χ0) is 13.5. The number of carbonyl (C=O) groups excluding carboxylic acids is 2. The first kappa shape index (κ1) is 14.6. The van der Waals surface area contributed by atoms with Gasteiger partial charge in [0.1, 0.15) is 0 Å². The van der Waals surface area contributed by atoms with Gasteiger partial charge in [-0.25, -0.2) is 4.79 Å². The van der Waals surface area contributed by atoms with Crippen LogP contribution in [0.4, 0.5) is 10.5 Å². The Labute approximate surface area is 115 Å². The minimum Gasteiger partial charge on any atom is -0.376 e. The zero-order valence-corrected chi connectivity index (χ0v) is 11.2. The van der Waals surface area contributed by atoms with Gasteiger partial charge in [-0.3, -0.25) is 10.1 Å². The Morgan fingerprint density at radius 1 is 1.22 bits per heavy atom. The van der Waals surface area contributed by atoms with Gasteiger partial charge in [0.15, 0.2) is 0 Å². The maximum Gasteiger partial charge on any atom is 0.321 e. The summed E-state index contributed by atoms with van der Waals surface area (Å²) < 4.78 is 0. The first-order valence-electron chi connectivity index (χ1n) is 5.29. The number of benzene rings is 1. The molecule has 18 heavy (non-hydrogen) atoms. The molecular weight excluding hydrogens is 277 g/mol. The summed E-state index contributed by atoms with van der Waals surface area (Å²) in [7, 11) is 0. The lowest BCUT2D eigenvalue weighted by atomic mass is 10.3. The Balaban J connectivity index is 2.42. The maximum absolute atomic E-state index is 11.4. The van der Waals surface area contributed by atoms with Crippen molar-refractivity contribution in [2.45, 2.75) is 6.92 Å². The molecule has 3 amide bonds. The van der Waals surface area contributed by atoms with Gasteiger partial charge in [0, 0.05) is 12.2 Å². The maximum atomic E-state index is 11.4. The fourth-order valence-electron chi connectivity index (χ4n) is 1.16. The van der Waals surface area contributed by atoms with Crippen molar-refractivity contribution in [2.24, 2.45) is 0 Å². The van der Waals surface area contributed by atoms with E-state index in [0.717, 1.165) is 0 Å². The SMILES string of the molecule is CCNC(=O)NC(=O)CNc1ccc(Cl)c(Cl)c1. The van der Waals surface area contributed by atoms with Crippen molar-refractivity contribution in [1.82, 2.24) is 10.6 Å². The Bertz CT molecular complexity index is 452. The van der Waals surface area contributed by atoms with Crippen LogP contribution in [0.25, 0.3) is 0 Å². The largest absolute Gasteiger partial charge is 0.376 e. The van der Waals surface area contributed by atoms with E-state index >= 15 is 0 Å². The summed E-state index contributed by atoms with van der Waals surface area (Å²) in [4.78, 5) is 22.4. The fraction of sp³-hybridized carbons (Fsp3) is 0.273. The number of rotatable bonds is 4. The third kappa shape index (κ3) is 4.81. The third-order valence-electron chi connectivity index (χ3n) is 1.96. The summed E-state index contributed by atoms with van der Waals surface area (Å²) in [6, 6.07) is 4.39. The highest BCUT2D eigenvalue weighted by Crippen LogP contribution is 2.24. The van der Waals surface area contributed by atoms with Crippen molar-refractivity contribution >= 4 is 40.8 Å². The van der Waals surface area contributed by atoms with E-state index in [2.05, 4.69) is 16.0 Å². The topological polar surface area (TPSA) is 70.2 Å². The molecule has 0 aromatic heterocycles. The minimum absolute atomic E-state index is 0.0326. The number of amides is 3. The van der Waals surface area contributed by atoms with Gasteiger partial charge >= 0.3 is 6.03 Å². The van der Waals surface area contributed by atoms with Crippen molar-refractivity contribution in [2.75, 3.05) is 18.4 Å². The highest BCUT2D eigenvalue weighted by Gasteiger charge is 2.06. The summed E-state index contributed by atoms with van der Waals surface area (Å²) >= 11 is 11.6. The van der Waals surface area contributed by atoms with Gasteiger partial charge in [-0.1, -0.05) is 23.2 Å². The second kappa shape index (κ2) is 7.08. The molecule has 0 saturated heterocycles. The van der Waals surface area contributed by atoms with Gasteiger partial charge in [-0.2, -0.15) is 0 Å². The molecule has 0 aliphatic carbocycles. The van der Waals surface area contributed by atoms with Crippen LogP contribution >= 0.6 is 23.2 Å². The van der Waals surface area contributed by atoms with E-state index < -0.39 is 11.9 Å². The standard InChI is InChI=1S/C11H13Cl2N3O2/c1-2-14-11(18)16-10(17)6-15-7-3-4-8(12)9(13)5-7/h3-5,15H,2,6H2,1H3,(H2,14,16,17,18). The van der Waals surface area contributed by atoms with Crippen LogP contribution in [0, 0.1) is 0 Å². The predicted molar refractivity (Wildman–Crippen MR) is 72.2 cm³/mol. The van der Waals surface area contributed by atoms with Crippen molar-refractivity contribution in [3.05, 3.63) is 28.2 Å². The van der Waals surface area contributed by atoms with Gasteiger partial charge in [-0.15, -0.1) is 0 Å². The van der Waals surface area contributed by atoms with Crippen LogP contribution in [0.2, 0.25) is 10.0 Å². The quantitative estimate of drug-likeness (QED) is 0.796. The van der Waals surface area contributed by atoms with Crippen LogP contribution in [-0.4, -0.2) is 25.0 Å². The number of nitrogens with one attached hydrogen (secondary N) is 3. The second-order valence-corrected chi connectivity index (χ2v) is 4.20. The molecule has 0 aliphatic rings. The molecule has 1 aromatic rings. The molecular formula is C11H13Cl2N3O2. The fourth-order valence-corrected chi connectivity index (χ4v) is 1.46. The van der Waals surface area contributed by atoms with Crippen LogP contribution in [0.3, 0.4) is 0 Å². The molecule has 0 bridgehead atoms. The number of hydrogen-bond acceptors (Lipinski definition) is 3. The molecule has 0 heterocycles. The number of carbonyl (C=O) groups is 2. The molecule has 98 valence electrons. The van der Waals surface area contributed by atoms with Gasteiger partial charge < -0.3 is 10.6 Å². The molecule has 7 heteroatoms. The molecule has 0 radical (unpaired) electrons. The third-order valence-corrected chi connectivity index (χ3v) is 2.70. The van der Waals surface area contributed by atoms with Crippen LogP contribution in [0.1, 0.15) is 6.92 Å². The average molecular weight is 290 g/mol. The van der Waals surface area contributed by atoms with E-state index in [0.29, 0.717) is 22.3 Å². The number of hydrogen-bond donors (Lipinski definition) is 3. The molecule has 0 aliphatic heterocycles. The highest BCUT2D eigenvalue weighted by atomic mass is 35.5. The number of urea groups is 1. The van der Waals surface area contributed by atoms with Crippen LogP contribution in [0.5, 0.6) is 0 Å². The Hall–Kier alpha value is -1.46. The molecule has 3 N–H and O–H groups in total. The van der Waals surface area contributed by atoms with E-state index in [9.17, 15) is 9.59 Å². The normalized spacial score (nSPS) is 9.72. The van der Waals surface area contributed by atoms with Crippen molar-refractivity contribution in [3.8, 4) is 0 Å². The molecule has 5 nitrogen and oxygen atoms in total. The number of halogens is 2. The monoisotopic (exact) mass is 289 g/mol. The molecule has 1 rings (SSSR count). The first-order valence-corrected chi connectivity index (χ1v) is 6.05. The predicted octanol–water partition coefficient (Wildman–Crippen LogP) is 2.25. The molecule has 0 unspecified atom stereocenters. The van der Waals surface area contributed by atoms with Gasteiger partial charge in [-0.05, 0) is 25.1 Å². The van der Waals surface area contributed by atoms with Gasteiger partial charge in [0.2, 0.25) is 5.91 Å². The van der Waals surface area contributed by atoms with Crippen molar-refractivity contribution < 1.29 is 9.59 Å². The Morgan fingerprint density at radius 2 is 1.94 bits per heavy atom. The van der Waals surface area contributed by atoms with E-state index in [-0.39, 0.29) is 6.54 Å². The van der Waals surface area contributed by atoms with E-state index in [1.807, 2.05) is 0 Å². The van der Waals surface area contributed by atoms with E-state index in [1.54, 1.807) is 25.1 Å². The zero-order valence-electron chi connectivity index (χ0n) is 9.72. The second-order valence-electron chi connectivity index (χ2n) is 3.39. The molecule has 0 atom stereocenters. The lowest BCUT2D eigenvalue weighted by Gasteiger charge is -2.08. The molecule has 1 aromatic carbocycles. The summed E-state index contributed by atoms with van der Waals surface area (Å²) in [5, 5.41) is 8.28. The summed E-state index contributed by atoms with van der Waals surface area (Å²) in [5.74, 6) is -0.438. The number of anilines is 1. The molecule has 0 fully saturated rings. The minimum atomic E-state index is -0.515. The lowest BCUT2D eigenvalue weighted by molar-refractivity contribution is -0.118. The number of imide groups is 1. The van der Waals surface area contributed by atoms with Crippen molar-refractivity contribution in [3.63, 3.8) is 0 Å². The van der Waals surface area contributed by atoms with Crippen LogP contribution in [0.15, 0.2) is 18.2 Å². The summed E-state index contributed by atoms with van der Waals surface area (Å²) in [5.41, 5.74) is 0.649. The molecule has 0 saturated carbocycles. The molecule has 0 spiro atoms. The Morgan fingerprint density at radius 3 is 2.56 bits per heavy atom. The van der Waals surface area contributed by atoms with Crippen molar-refractivity contribution in [1.29, 1.82) is 0 Å². The van der Waals surface area contributed by atoms with Crippen LogP contribution in [-0.2, 0) is 4.79 Å². The van der Waals surface area contributed by atoms with Gasteiger partial charge in [0.05, 0.1) is 16.6 Å². The van der Waals surface area contributed by atoms with Crippen LogP contribution < -0.4 is 16.0 Å². The van der Waals surface area contributed by atoms with E-state index in [1.165, 1.54) is 0 Å². The summed E-state index contributed by atoms with van der Waals surface area (Å²) in [6.07, 6.45) is 0.